The summed E-state index contributed by atoms with van der Waals surface area (Å²) in [5, 5.41) is 24.9. The second-order valence-corrected chi connectivity index (χ2v) is 18.0. The van der Waals surface area contributed by atoms with Crippen molar-refractivity contribution in [2.24, 2.45) is 23.7 Å². The molecule has 4 aromatic rings. The van der Waals surface area contributed by atoms with Crippen molar-refractivity contribution < 1.29 is 38.4 Å². The zero-order valence-electron chi connectivity index (χ0n) is 36.7. The fourth-order valence-electron chi connectivity index (χ4n) is 7.27. The van der Waals surface area contributed by atoms with Crippen molar-refractivity contribution in [3.05, 3.63) is 81.1 Å². The van der Waals surface area contributed by atoms with E-state index in [2.05, 4.69) is 48.5 Å². The Bertz CT molecular complexity index is 2070. The van der Waals surface area contributed by atoms with Gasteiger partial charge >= 0.3 is 12.2 Å². The van der Waals surface area contributed by atoms with E-state index in [1.807, 2.05) is 56.3 Å². The second kappa shape index (κ2) is 23.6. The molecule has 2 saturated carbocycles. The Morgan fingerprint density at radius 2 is 1.13 bits per heavy atom. The quantitative estimate of drug-likeness (QED) is 0.0921. The van der Waals surface area contributed by atoms with Gasteiger partial charge in [-0.2, -0.15) is 10.2 Å². The number of aliphatic hydroxyl groups excluding tert-OH is 1. The number of nitrogens with zero attached hydrogens (tertiary/aromatic N) is 4. The van der Waals surface area contributed by atoms with Gasteiger partial charge in [0, 0.05) is 57.2 Å². The number of carbonyl (C=O) groups excluding carboxylic acids is 3. The molecule has 0 radical (unpaired) electrons. The van der Waals surface area contributed by atoms with E-state index in [1.165, 1.54) is 0 Å². The summed E-state index contributed by atoms with van der Waals surface area (Å²) in [5.41, 5.74) is 3.62. The fourth-order valence-corrected chi connectivity index (χ4v) is 7.66. The van der Waals surface area contributed by atoms with Gasteiger partial charge in [-0.3, -0.25) is 20.0 Å². The number of rotatable bonds is 16. The highest BCUT2D eigenvalue weighted by atomic mass is 35.5. The molecule has 0 spiro atoms. The minimum Gasteiger partial charge on any atom is -0.493 e. The van der Waals surface area contributed by atoms with Crippen molar-refractivity contribution in [3.63, 3.8) is 0 Å². The zero-order chi connectivity index (χ0) is 44.8. The van der Waals surface area contributed by atoms with Gasteiger partial charge in [-0.05, 0) is 119 Å². The number of anilines is 2. The van der Waals surface area contributed by atoms with Crippen LogP contribution in [-0.4, -0.2) is 75.2 Å². The van der Waals surface area contributed by atoms with Gasteiger partial charge in [-0.1, -0.05) is 50.9 Å². The first-order valence-electron chi connectivity index (χ1n) is 21.6. The van der Waals surface area contributed by atoms with E-state index in [1.54, 1.807) is 15.4 Å². The summed E-state index contributed by atoms with van der Waals surface area (Å²) in [6.07, 6.45) is 5.94. The molecule has 62 heavy (non-hydrogen) atoms. The number of hydrogen-bond donors (Lipinski definition) is 3. The summed E-state index contributed by atoms with van der Waals surface area (Å²) >= 11 is 12.4. The normalized spacial score (nSPS) is 18.7. The largest absolute Gasteiger partial charge is 0.493 e. The summed E-state index contributed by atoms with van der Waals surface area (Å²) in [7, 11) is 0. The van der Waals surface area contributed by atoms with Crippen LogP contribution >= 0.6 is 23.2 Å². The first-order valence-corrected chi connectivity index (χ1v) is 22.4. The van der Waals surface area contributed by atoms with E-state index in [9.17, 15) is 19.5 Å². The van der Waals surface area contributed by atoms with Crippen molar-refractivity contribution in [1.29, 1.82) is 0 Å². The van der Waals surface area contributed by atoms with E-state index < -0.39 is 12.2 Å². The third-order valence-corrected chi connectivity index (χ3v) is 11.2. The predicted octanol–water partition coefficient (Wildman–Crippen LogP) is 10.3. The van der Waals surface area contributed by atoms with Gasteiger partial charge in [-0.25, -0.2) is 9.59 Å². The number of carbonyl (C=O) groups is 3. The predicted molar refractivity (Wildman–Crippen MR) is 241 cm³/mol. The number of nitrogens with one attached hydrogen (secondary N) is 2. The van der Waals surface area contributed by atoms with Crippen LogP contribution in [0.5, 0.6) is 11.5 Å². The van der Waals surface area contributed by atoms with Gasteiger partial charge in [0.25, 0.3) is 0 Å². The molecule has 0 atom stereocenters. The first-order chi connectivity index (χ1) is 29.7. The minimum atomic E-state index is -0.525. The molecular weight excluding hydrogens is 835 g/mol. The number of hydrogen-bond acceptors (Lipinski definition) is 10. The Kier molecular flexibility index (Phi) is 18.4. The molecule has 0 unspecified atom stereocenters. The third kappa shape index (κ3) is 15.2. The number of aryl methyl sites for hydroxylation is 2. The zero-order valence-corrected chi connectivity index (χ0v) is 38.2. The van der Waals surface area contributed by atoms with Crippen molar-refractivity contribution in [3.8, 4) is 11.5 Å². The molecule has 2 amide bonds. The molecular formula is C46H62Cl2N6O8. The Morgan fingerprint density at radius 1 is 0.710 bits per heavy atom. The van der Waals surface area contributed by atoms with Crippen LogP contribution in [0.2, 0.25) is 10.0 Å². The molecule has 0 bridgehead atoms. The minimum absolute atomic E-state index is 0.0853. The van der Waals surface area contributed by atoms with Gasteiger partial charge < -0.3 is 28.8 Å². The Hall–Kier alpha value is -4.79. The molecule has 2 aliphatic rings. The van der Waals surface area contributed by atoms with E-state index in [4.69, 9.17) is 42.1 Å². The molecule has 2 heterocycles. The van der Waals surface area contributed by atoms with Crippen LogP contribution < -0.4 is 20.1 Å². The topological polar surface area (TPSA) is 168 Å². The Labute approximate surface area is 374 Å². The lowest BCUT2D eigenvalue weighted by atomic mass is 9.88. The lowest BCUT2D eigenvalue weighted by molar-refractivity contribution is -0.112. The third-order valence-electron chi connectivity index (χ3n) is 10.8. The molecule has 0 saturated heterocycles. The van der Waals surface area contributed by atoms with Crippen LogP contribution in [0, 0.1) is 37.5 Å². The summed E-state index contributed by atoms with van der Waals surface area (Å²) < 4.78 is 26.5. The molecule has 338 valence electrons. The van der Waals surface area contributed by atoms with Crippen LogP contribution in [0.25, 0.3) is 0 Å². The highest BCUT2D eigenvalue weighted by Crippen LogP contribution is 2.29. The maximum absolute atomic E-state index is 12.3. The summed E-state index contributed by atoms with van der Waals surface area (Å²) in [6, 6.07) is 14.7. The Morgan fingerprint density at radius 3 is 1.52 bits per heavy atom. The van der Waals surface area contributed by atoms with Crippen LogP contribution in [0.3, 0.4) is 0 Å². The first kappa shape index (κ1) is 48.2. The van der Waals surface area contributed by atoms with E-state index >= 15 is 0 Å². The average Bonchev–Trinajstić information content (AvgIpc) is 3.75. The van der Waals surface area contributed by atoms with E-state index in [-0.39, 0.29) is 24.7 Å². The number of aliphatic hydroxyl groups is 1. The number of benzene rings is 2. The number of aldehydes is 1. The molecule has 16 heteroatoms. The highest BCUT2D eigenvalue weighted by Gasteiger charge is 2.25. The van der Waals surface area contributed by atoms with Crippen molar-refractivity contribution in [2.45, 2.75) is 118 Å². The molecule has 3 N–H and O–H groups in total. The SMILES string of the molecule is Cc1cc(NC(=O)OC2CCC(C=O)CC2)nn1Cc1cc(Cl)ccc1OCC(C)C.Cc1cc(NC(=O)OC2CCC(CO)CC2)nn1Cc1cc(Cl)ccc1OCC(C)C. The summed E-state index contributed by atoms with van der Waals surface area (Å²) in [6.45, 7) is 14.6. The maximum Gasteiger partial charge on any atom is 0.413 e. The summed E-state index contributed by atoms with van der Waals surface area (Å²) in [4.78, 5) is 35.4. The van der Waals surface area contributed by atoms with Crippen LogP contribution in [0.1, 0.15) is 102 Å². The number of ether oxygens (including phenoxy) is 4. The number of aromatic nitrogens is 4. The average molecular weight is 898 g/mol. The van der Waals surface area contributed by atoms with Gasteiger partial charge in [0.15, 0.2) is 11.6 Å². The number of amides is 2. The highest BCUT2D eigenvalue weighted by molar-refractivity contribution is 6.31. The number of halogens is 2. The molecule has 2 aliphatic carbocycles. The van der Waals surface area contributed by atoms with Crippen molar-refractivity contribution in [1.82, 2.24) is 19.6 Å². The van der Waals surface area contributed by atoms with E-state index in [0.717, 1.165) is 78.8 Å². The molecule has 2 fully saturated rings. The fraction of sp³-hybridized carbons (Fsp3) is 0.543. The van der Waals surface area contributed by atoms with E-state index in [0.29, 0.717) is 78.6 Å². The summed E-state index contributed by atoms with van der Waals surface area (Å²) in [5.74, 6) is 3.65. The standard InChI is InChI=1S/C23H32ClN3O4.C23H30ClN3O4/c2*1-15(2)14-30-21-9-6-19(24)11-18(21)12-27-16(3)10-22(26-27)25-23(29)31-20-7-4-17(13-28)5-8-20/h6,9-11,15,17,20,28H,4-5,7-8,12-14H2,1-3H3,(H,25,26,29);6,9-11,13,15,17,20H,4-5,7-8,12,14H2,1-3H3,(H,25,26,29). The maximum atomic E-state index is 12.3. The van der Waals surface area contributed by atoms with Gasteiger partial charge in [0.05, 0.1) is 26.3 Å². The van der Waals surface area contributed by atoms with Crippen LogP contribution in [0.4, 0.5) is 21.2 Å². The van der Waals surface area contributed by atoms with Gasteiger partial charge in [0.2, 0.25) is 0 Å². The molecule has 2 aromatic heterocycles. The van der Waals surface area contributed by atoms with Crippen molar-refractivity contribution >= 4 is 53.3 Å². The molecule has 2 aromatic carbocycles. The Balaban J connectivity index is 0.000000234. The van der Waals surface area contributed by atoms with Crippen molar-refractivity contribution in [2.75, 3.05) is 30.5 Å². The van der Waals surface area contributed by atoms with Gasteiger partial charge in [0.1, 0.15) is 30.0 Å². The smallest absolute Gasteiger partial charge is 0.413 e. The lowest BCUT2D eigenvalue weighted by Gasteiger charge is -2.26. The van der Waals surface area contributed by atoms with Crippen LogP contribution in [0.15, 0.2) is 48.5 Å². The lowest BCUT2D eigenvalue weighted by Crippen LogP contribution is -2.28. The second-order valence-electron chi connectivity index (χ2n) is 17.1. The molecule has 0 aliphatic heterocycles. The monoisotopic (exact) mass is 896 g/mol. The van der Waals surface area contributed by atoms with Gasteiger partial charge in [-0.15, -0.1) is 0 Å². The van der Waals surface area contributed by atoms with Crippen LogP contribution in [-0.2, 0) is 27.4 Å². The molecule has 6 rings (SSSR count). The molecule has 14 nitrogen and oxygen atoms in total.